The Balaban J connectivity index is 0.00000208. The van der Waals surface area contributed by atoms with Gasteiger partial charge in [-0.3, -0.25) is 0 Å². The molecule has 1 aromatic rings. The number of para-hydroxylation sites is 1. The first kappa shape index (κ1) is 19.7. The number of fused-ring (bicyclic) bond motifs is 3. The van der Waals surface area contributed by atoms with Crippen LogP contribution in [-0.2, 0) is 32.7 Å². The topological polar surface area (TPSA) is 49.7 Å². The largest absolute Gasteiger partial charge is 0.516 e. The van der Waals surface area contributed by atoms with Crippen LogP contribution in [0.5, 0.6) is 5.75 Å². The second kappa shape index (κ2) is 8.63. The Kier molecular flexibility index (Phi) is 7.07. The molecule has 0 saturated heterocycles. The molecule has 0 unspecified atom stereocenters. The van der Waals surface area contributed by atoms with Crippen LogP contribution in [-0.4, -0.2) is 28.5 Å². The summed E-state index contributed by atoms with van der Waals surface area (Å²) >= 11 is 0. The van der Waals surface area contributed by atoms with Crippen molar-refractivity contribution in [3.63, 3.8) is 0 Å². The van der Waals surface area contributed by atoms with Gasteiger partial charge in [-0.1, -0.05) is 19.1 Å². The van der Waals surface area contributed by atoms with E-state index >= 15 is 0 Å². The van der Waals surface area contributed by atoms with Crippen molar-refractivity contribution in [3.8, 4) is 17.6 Å². The molecule has 125 valence electrons. The van der Waals surface area contributed by atoms with E-state index in [-0.39, 0.29) is 56.6 Å². The molecular formula is C20H23O3Y-. The third-order valence-corrected chi connectivity index (χ3v) is 4.92. The number of benzene rings is 1. The van der Waals surface area contributed by atoms with Gasteiger partial charge in [-0.25, -0.2) is 0 Å². The number of hydrogen-bond acceptors (Lipinski definition) is 3. The van der Waals surface area contributed by atoms with Crippen molar-refractivity contribution in [2.24, 2.45) is 11.8 Å². The molecular weight excluding hydrogens is 377 g/mol. The standard InChI is InChI=1S/C20H23O3.Y/c1-3-4-7-13(2)16(21)11-10-14-17(22)12-19-20(14)15-8-5-6-9-18(15)23-19;/h5-6,8,10-11,13-14,16-17,19-22H,7,12H2,1-2H3;/q-1;/b11-10+;/t13-,14+,16-,17-,19+,20+;/m1./s1. The Bertz CT molecular complexity index is 646. The van der Waals surface area contributed by atoms with E-state index in [1.165, 1.54) is 0 Å². The number of hydrogen-bond donors (Lipinski definition) is 2. The molecule has 0 bridgehead atoms. The fourth-order valence-electron chi connectivity index (χ4n) is 3.57. The number of aliphatic hydroxyl groups is 2. The van der Waals surface area contributed by atoms with E-state index in [0.717, 1.165) is 11.3 Å². The predicted molar refractivity (Wildman–Crippen MR) is 88.9 cm³/mol. The Labute approximate surface area is 169 Å². The van der Waals surface area contributed by atoms with Crippen molar-refractivity contribution in [1.29, 1.82) is 0 Å². The summed E-state index contributed by atoms with van der Waals surface area (Å²) in [5.41, 5.74) is 1.11. The third kappa shape index (κ3) is 3.94. The molecule has 1 fully saturated rings. The minimum Gasteiger partial charge on any atom is -0.516 e. The van der Waals surface area contributed by atoms with Crippen LogP contribution in [0.4, 0.5) is 0 Å². The van der Waals surface area contributed by atoms with Gasteiger partial charge in [0, 0.05) is 57.2 Å². The monoisotopic (exact) mass is 400 g/mol. The quantitative estimate of drug-likeness (QED) is 0.464. The summed E-state index contributed by atoms with van der Waals surface area (Å²) in [7, 11) is 0. The zero-order chi connectivity index (χ0) is 16.4. The van der Waals surface area contributed by atoms with E-state index in [0.29, 0.717) is 12.8 Å². The smallest absolute Gasteiger partial charge is 0.0952 e. The number of aliphatic hydroxyl groups excluding tert-OH is 2. The number of ether oxygens (including phenoxy) is 1. The van der Waals surface area contributed by atoms with Gasteiger partial charge in [0.1, 0.15) is 0 Å². The summed E-state index contributed by atoms with van der Waals surface area (Å²) < 4.78 is 5.91. The molecule has 1 saturated carbocycles. The molecule has 3 rings (SSSR count). The van der Waals surface area contributed by atoms with Crippen LogP contribution in [0.25, 0.3) is 0 Å². The molecule has 6 atom stereocenters. The van der Waals surface area contributed by atoms with Gasteiger partial charge in [0.05, 0.1) is 18.3 Å². The maximum atomic E-state index is 10.4. The summed E-state index contributed by atoms with van der Waals surface area (Å²) in [5.74, 6) is 6.85. The molecule has 1 radical (unpaired) electrons. The molecule has 1 heterocycles. The van der Waals surface area contributed by atoms with Gasteiger partial charge in [0.25, 0.3) is 0 Å². The molecule has 1 aromatic carbocycles. The van der Waals surface area contributed by atoms with Crippen LogP contribution >= 0.6 is 0 Å². The van der Waals surface area contributed by atoms with Gasteiger partial charge in [0.15, 0.2) is 0 Å². The average Bonchev–Trinajstić information content (AvgIpc) is 3.05. The Morgan fingerprint density at radius 1 is 1.50 bits per heavy atom. The molecule has 0 aromatic heterocycles. The van der Waals surface area contributed by atoms with E-state index in [4.69, 9.17) is 4.74 Å². The molecule has 24 heavy (non-hydrogen) atoms. The minimum absolute atomic E-state index is 0. The van der Waals surface area contributed by atoms with E-state index < -0.39 is 12.2 Å². The maximum Gasteiger partial charge on any atom is 0.0952 e. The van der Waals surface area contributed by atoms with Gasteiger partial charge < -0.3 is 14.9 Å². The first-order chi connectivity index (χ1) is 11.1. The second-order valence-corrected chi connectivity index (χ2v) is 6.50. The zero-order valence-corrected chi connectivity index (χ0v) is 17.0. The minimum atomic E-state index is -0.550. The van der Waals surface area contributed by atoms with Crippen LogP contribution in [0.15, 0.2) is 30.4 Å². The van der Waals surface area contributed by atoms with Gasteiger partial charge in [-0.15, -0.1) is 23.5 Å². The Hall–Kier alpha value is -0.656. The van der Waals surface area contributed by atoms with Crippen molar-refractivity contribution in [2.45, 2.75) is 50.9 Å². The molecule has 0 amide bonds. The molecule has 2 aliphatic rings. The van der Waals surface area contributed by atoms with E-state index in [1.807, 2.05) is 37.3 Å². The fourth-order valence-corrected chi connectivity index (χ4v) is 3.57. The van der Waals surface area contributed by atoms with Crippen LogP contribution < -0.4 is 4.74 Å². The molecule has 0 spiro atoms. The summed E-state index contributed by atoms with van der Waals surface area (Å²) in [5, 5.41) is 20.6. The molecule has 2 N–H and O–H groups in total. The fraction of sp³-hybridized carbons (Fsp3) is 0.500. The number of rotatable bonds is 4. The van der Waals surface area contributed by atoms with E-state index in [2.05, 4.69) is 17.9 Å². The molecule has 3 nitrogen and oxygen atoms in total. The summed E-state index contributed by atoms with van der Waals surface area (Å²) in [4.78, 5) is 0. The SMILES string of the molecule is CC#CC[C@@H](C)[C@H](O)/C=C/[C@@H]1[C@H]2c3ccc[c-]c3O[C@H]2C[C@H]1O.[Y]. The van der Waals surface area contributed by atoms with Crippen molar-refractivity contribution >= 4 is 0 Å². The van der Waals surface area contributed by atoms with E-state index in [1.54, 1.807) is 6.92 Å². The van der Waals surface area contributed by atoms with Crippen molar-refractivity contribution in [1.82, 2.24) is 0 Å². The Morgan fingerprint density at radius 3 is 3.04 bits per heavy atom. The summed E-state index contributed by atoms with van der Waals surface area (Å²) in [6, 6.07) is 8.98. The molecule has 1 aliphatic carbocycles. The van der Waals surface area contributed by atoms with Crippen LogP contribution in [0.3, 0.4) is 0 Å². The zero-order valence-electron chi connectivity index (χ0n) is 14.1. The normalized spacial score (nSPS) is 29.7. The van der Waals surface area contributed by atoms with Crippen molar-refractivity contribution in [3.05, 3.63) is 42.0 Å². The summed E-state index contributed by atoms with van der Waals surface area (Å²) in [6.07, 6.45) is 4.08. The molecule has 4 heteroatoms. The van der Waals surface area contributed by atoms with Gasteiger partial charge in [-0.2, -0.15) is 18.2 Å². The van der Waals surface area contributed by atoms with Crippen LogP contribution in [0, 0.1) is 29.7 Å². The first-order valence-corrected chi connectivity index (χ1v) is 8.23. The van der Waals surface area contributed by atoms with E-state index in [9.17, 15) is 10.2 Å². The molecule has 1 aliphatic heterocycles. The predicted octanol–water partition coefficient (Wildman–Crippen LogP) is 2.68. The Morgan fingerprint density at radius 2 is 2.29 bits per heavy atom. The van der Waals surface area contributed by atoms with Crippen molar-refractivity contribution in [2.75, 3.05) is 0 Å². The van der Waals surface area contributed by atoms with Crippen molar-refractivity contribution < 1.29 is 47.7 Å². The third-order valence-electron chi connectivity index (χ3n) is 4.92. The van der Waals surface area contributed by atoms with Gasteiger partial charge in [-0.05, 0) is 18.8 Å². The average molecular weight is 400 g/mol. The van der Waals surface area contributed by atoms with Crippen LogP contribution in [0.2, 0.25) is 0 Å². The second-order valence-electron chi connectivity index (χ2n) is 6.50. The van der Waals surface area contributed by atoms with Crippen LogP contribution in [0.1, 0.15) is 38.2 Å². The summed E-state index contributed by atoms with van der Waals surface area (Å²) in [6.45, 7) is 3.79. The maximum absolute atomic E-state index is 10.4. The first-order valence-electron chi connectivity index (χ1n) is 8.23. The van der Waals surface area contributed by atoms with Gasteiger partial charge in [0.2, 0.25) is 0 Å². The van der Waals surface area contributed by atoms with Gasteiger partial charge >= 0.3 is 0 Å².